The molecule has 0 aliphatic heterocycles. The van der Waals surface area contributed by atoms with E-state index >= 15 is 0 Å². The molecule has 3 N–H and O–H groups in total. The average Bonchev–Trinajstić information content (AvgIpc) is 2.81. The molecule has 5 heteroatoms. The smallest absolute Gasteiger partial charge is 0.331 e. The lowest BCUT2D eigenvalue weighted by Gasteiger charge is -2.09. The summed E-state index contributed by atoms with van der Waals surface area (Å²) < 4.78 is 0. The fourth-order valence-corrected chi connectivity index (χ4v) is 2.09. The van der Waals surface area contributed by atoms with Crippen LogP contribution in [0.15, 0.2) is 28.5 Å². The summed E-state index contributed by atoms with van der Waals surface area (Å²) in [6.45, 7) is 2.68. The molecule has 0 spiro atoms. The second-order valence-corrected chi connectivity index (χ2v) is 4.40. The Morgan fingerprint density at radius 1 is 1.65 bits per heavy atom. The zero-order valence-electron chi connectivity index (χ0n) is 9.72. The number of carbonyl (C=O) groups is 1. The Labute approximate surface area is 105 Å². The van der Waals surface area contributed by atoms with Crippen LogP contribution in [0.2, 0.25) is 0 Å². The number of hydrogen-bond donors (Lipinski definition) is 3. The third kappa shape index (κ3) is 4.68. The molecule has 1 unspecified atom stereocenters. The molecule has 94 valence electrons. The van der Waals surface area contributed by atoms with E-state index in [1.807, 2.05) is 16.8 Å². The van der Waals surface area contributed by atoms with Crippen LogP contribution in [0.25, 0.3) is 0 Å². The second-order valence-electron chi connectivity index (χ2n) is 3.62. The summed E-state index contributed by atoms with van der Waals surface area (Å²) in [6.07, 6.45) is 1.61. The number of rotatable bonds is 7. The molecule has 1 aromatic heterocycles. The Morgan fingerprint density at radius 2 is 2.41 bits per heavy atom. The Hall–Kier alpha value is -1.17. The SMILES string of the molecule is CC/C(=C/CNCC(O)c1ccsc1)C(=O)O. The summed E-state index contributed by atoms with van der Waals surface area (Å²) in [7, 11) is 0. The van der Waals surface area contributed by atoms with Crippen LogP contribution in [0.5, 0.6) is 0 Å². The summed E-state index contributed by atoms with van der Waals surface area (Å²) in [5.74, 6) is -0.882. The quantitative estimate of drug-likeness (QED) is 0.513. The Kier molecular flexibility index (Phi) is 5.90. The van der Waals surface area contributed by atoms with Gasteiger partial charge in [-0.2, -0.15) is 11.3 Å². The third-order valence-electron chi connectivity index (χ3n) is 2.41. The summed E-state index contributed by atoms with van der Waals surface area (Å²) in [6, 6.07) is 1.88. The van der Waals surface area contributed by atoms with Gasteiger partial charge in [-0.25, -0.2) is 4.79 Å². The van der Waals surface area contributed by atoms with Crippen LogP contribution in [-0.4, -0.2) is 29.3 Å². The Morgan fingerprint density at radius 3 is 2.94 bits per heavy atom. The molecule has 17 heavy (non-hydrogen) atoms. The van der Waals surface area contributed by atoms with Gasteiger partial charge in [0, 0.05) is 18.7 Å². The highest BCUT2D eigenvalue weighted by Gasteiger charge is 2.07. The van der Waals surface area contributed by atoms with Crippen molar-refractivity contribution in [3.63, 3.8) is 0 Å². The lowest BCUT2D eigenvalue weighted by Crippen LogP contribution is -2.21. The van der Waals surface area contributed by atoms with E-state index in [0.29, 0.717) is 25.1 Å². The Balaban J connectivity index is 2.31. The van der Waals surface area contributed by atoms with Crippen LogP contribution in [0.4, 0.5) is 0 Å². The number of carboxylic acids is 1. The predicted molar refractivity (Wildman–Crippen MR) is 68.2 cm³/mol. The molecule has 0 saturated carbocycles. The average molecular weight is 255 g/mol. The van der Waals surface area contributed by atoms with Crippen LogP contribution in [-0.2, 0) is 4.79 Å². The van der Waals surface area contributed by atoms with Crippen molar-refractivity contribution in [1.82, 2.24) is 5.32 Å². The predicted octanol–water partition coefficient (Wildman–Crippen LogP) is 1.79. The molecule has 0 aromatic carbocycles. The van der Waals surface area contributed by atoms with E-state index in [4.69, 9.17) is 5.11 Å². The fourth-order valence-electron chi connectivity index (χ4n) is 1.38. The largest absolute Gasteiger partial charge is 0.478 e. The first-order chi connectivity index (χ1) is 8.15. The minimum atomic E-state index is -0.882. The highest BCUT2D eigenvalue weighted by Crippen LogP contribution is 2.14. The lowest BCUT2D eigenvalue weighted by atomic mass is 10.2. The molecule has 0 bridgehead atoms. The fraction of sp³-hybridized carbons (Fsp3) is 0.417. The second kappa shape index (κ2) is 7.21. The van der Waals surface area contributed by atoms with Crippen LogP contribution >= 0.6 is 11.3 Å². The van der Waals surface area contributed by atoms with Gasteiger partial charge in [0.2, 0.25) is 0 Å². The van der Waals surface area contributed by atoms with Gasteiger partial charge in [0.25, 0.3) is 0 Å². The number of thiophene rings is 1. The van der Waals surface area contributed by atoms with Crippen molar-refractivity contribution in [1.29, 1.82) is 0 Å². The number of hydrogen-bond acceptors (Lipinski definition) is 4. The lowest BCUT2D eigenvalue weighted by molar-refractivity contribution is -0.132. The standard InChI is InChI=1S/C12H17NO3S/c1-2-9(12(15)16)3-5-13-7-11(14)10-4-6-17-8-10/h3-4,6,8,11,13-14H,2,5,7H2,1H3,(H,15,16)/b9-3-. The molecular weight excluding hydrogens is 238 g/mol. The maximum atomic E-state index is 10.7. The van der Waals surface area contributed by atoms with Gasteiger partial charge in [-0.1, -0.05) is 13.0 Å². The van der Waals surface area contributed by atoms with Gasteiger partial charge in [0.15, 0.2) is 0 Å². The first-order valence-electron chi connectivity index (χ1n) is 5.48. The maximum Gasteiger partial charge on any atom is 0.331 e. The Bertz CT molecular complexity index is 373. The van der Waals surface area contributed by atoms with Crippen molar-refractivity contribution in [2.75, 3.05) is 13.1 Å². The molecule has 1 atom stereocenters. The molecule has 0 aliphatic rings. The van der Waals surface area contributed by atoms with Gasteiger partial charge in [-0.05, 0) is 28.8 Å². The van der Waals surface area contributed by atoms with E-state index in [9.17, 15) is 9.90 Å². The van der Waals surface area contributed by atoms with Crippen molar-refractivity contribution < 1.29 is 15.0 Å². The summed E-state index contributed by atoms with van der Waals surface area (Å²) >= 11 is 1.54. The van der Waals surface area contributed by atoms with Gasteiger partial charge in [-0.15, -0.1) is 0 Å². The molecule has 0 aliphatic carbocycles. The van der Waals surface area contributed by atoms with Crippen LogP contribution in [0, 0.1) is 0 Å². The monoisotopic (exact) mass is 255 g/mol. The van der Waals surface area contributed by atoms with Gasteiger partial charge in [-0.3, -0.25) is 0 Å². The van der Waals surface area contributed by atoms with Crippen molar-refractivity contribution in [3.8, 4) is 0 Å². The minimum absolute atomic E-state index is 0.391. The van der Waals surface area contributed by atoms with E-state index in [1.54, 1.807) is 24.3 Å². The highest BCUT2D eigenvalue weighted by molar-refractivity contribution is 7.07. The molecule has 0 amide bonds. The molecule has 4 nitrogen and oxygen atoms in total. The number of carboxylic acid groups (broad SMARTS) is 1. The van der Waals surface area contributed by atoms with E-state index in [2.05, 4.69) is 5.32 Å². The first-order valence-corrected chi connectivity index (χ1v) is 6.42. The first kappa shape index (κ1) is 13.9. The van der Waals surface area contributed by atoms with Crippen LogP contribution < -0.4 is 5.32 Å². The van der Waals surface area contributed by atoms with Gasteiger partial charge in [0.1, 0.15) is 0 Å². The summed E-state index contributed by atoms with van der Waals surface area (Å²) in [5, 5.41) is 25.4. The normalized spacial score (nSPS) is 13.6. The molecule has 0 radical (unpaired) electrons. The minimum Gasteiger partial charge on any atom is -0.478 e. The third-order valence-corrected chi connectivity index (χ3v) is 3.12. The van der Waals surface area contributed by atoms with Gasteiger partial charge >= 0.3 is 5.97 Å². The van der Waals surface area contributed by atoms with Crippen molar-refractivity contribution >= 4 is 17.3 Å². The van der Waals surface area contributed by atoms with Crippen molar-refractivity contribution in [3.05, 3.63) is 34.0 Å². The van der Waals surface area contributed by atoms with E-state index in [0.717, 1.165) is 5.56 Å². The molecule has 1 heterocycles. The molecular formula is C12H17NO3S. The zero-order chi connectivity index (χ0) is 12.7. The molecule has 0 fully saturated rings. The van der Waals surface area contributed by atoms with Crippen molar-refractivity contribution in [2.24, 2.45) is 0 Å². The summed E-state index contributed by atoms with van der Waals surface area (Å²) in [5.41, 5.74) is 1.28. The number of aliphatic hydroxyl groups excluding tert-OH is 1. The number of aliphatic carboxylic acids is 1. The number of nitrogens with one attached hydrogen (secondary N) is 1. The summed E-state index contributed by atoms with van der Waals surface area (Å²) in [4.78, 5) is 10.7. The zero-order valence-corrected chi connectivity index (χ0v) is 10.5. The van der Waals surface area contributed by atoms with Crippen LogP contribution in [0.3, 0.4) is 0 Å². The maximum absolute atomic E-state index is 10.7. The van der Waals surface area contributed by atoms with E-state index in [1.165, 1.54) is 0 Å². The number of aliphatic hydroxyl groups is 1. The van der Waals surface area contributed by atoms with Gasteiger partial charge < -0.3 is 15.5 Å². The highest BCUT2D eigenvalue weighted by atomic mass is 32.1. The molecule has 1 aromatic rings. The molecule has 0 saturated heterocycles. The topological polar surface area (TPSA) is 69.6 Å². The molecule has 1 rings (SSSR count). The van der Waals surface area contributed by atoms with Gasteiger partial charge in [0.05, 0.1) is 6.10 Å². The van der Waals surface area contributed by atoms with Crippen LogP contribution in [0.1, 0.15) is 25.0 Å². The van der Waals surface area contributed by atoms with Crippen molar-refractivity contribution in [2.45, 2.75) is 19.4 Å². The van der Waals surface area contributed by atoms with E-state index < -0.39 is 12.1 Å². The van der Waals surface area contributed by atoms with E-state index in [-0.39, 0.29) is 0 Å².